The Morgan fingerprint density at radius 1 is 1.20 bits per heavy atom. The molecule has 0 saturated heterocycles. The van der Waals surface area contributed by atoms with E-state index in [-0.39, 0.29) is 11.9 Å². The summed E-state index contributed by atoms with van der Waals surface area (Å²) in [6.45, 7) is 2.69. The average Bonchev–Trinajstić information content (AvgIpc) is 2.40. The van der Waals surface area contributed by atoms with Crippen molar-refractivity contribution in [1.29, 1.82) is 0 Å². The van der Waals surface area contributed by atoms with Crippen molar-refractivity contribution in [3.63, 3.8) is 0 Å². The maximum atomic E-state index is 12.9. The first kappa shape index (κ1) is 15.0. The fourth-order valence-electron chi connectivity index (χ4n) is 2.08. The number of halogens is 2. The van der Waals surface area contributed by atoms with Crippen molar-refractivity contribution >= 4 is 21.6 Å². The minimum Gasteiger partial charge on any atom is -0.370 e. The summed E-state index contributed by atoms with van der Waals surface area (Å²) in [7, 11) is 2.01. The summed E-state index contributed by atoms with van der Waals surface area (Å²) in [5.41, 5.74) is 9.15. The van der Waals surface area contributed by atoms with Gasteiger partial charge in [-0.25, -0.2) is 4.39 Å². The van der Waals surface area contributed by atoms with Gasteiger partial charge in [-0.3, -0.25) is 0 Å². The Hall–Kier alpha value is -1.39. The zero-order valence-electron chi connectivity index (χ0n) is 11.6. The topological polar surface area (TPSA) is 29.3 Å². The molecule has 4 heteroatoms. The van der Waals surface area contributed by atoms with Crippen molar-refractivity contribution in [3.8, 4) is 0 Å². The summed E-state index contributed by atoms with van der Waals surface area (Å²) in [5.74, 6) is -0.208. The Balaban J connectivity index is 2.15. The molecule has 106 valence electrons. The van der Waals surface area contributed by atoms with E-state index in [1.807, 2.05) is 26.1 Å². The Morgan fingerprint density at radius 2 is 1.85 bits per heavy atom. The van der Waals surface area contributed by atoms with E-state index >= 15 is 0 Å². The van der Waals surface area contributed by atoms with E-state index in [4.69, 9.17) is 5.73 Å². The van der Waals surface area contributed by atoms with E-state index < -0.39 is 0 Å². The summed E-state index contributed by atoms with van der Waals surface area (Å²) in [4.78, 5) is 2.11. The Morgan fingerprint density at radius 3 is 2.40 bits per heavy atom. The van der Waals surface area contributed by atoms with Gasteiger partial charge in [0.2, 0.25) is 0 Å². The molecule has 2 aromatic carbocycles. The molecule has 0 aromatic heterocycles. The monoisotopic (exact) mass is 336 g/mol. The van der Waals surface area contributed by atoms with Crippen LogP contribution in [0.5, 0.6) is 0 Å². The molecule has 0 saturated carbocycles. The maximum Gasteiger partial charge on any atom is 0.123 e. The van der Waals surface area contributed by atoms with Gasteiger partial charge in [0.25, 0.3) is 0 Å². The van der Waals surface area contributed by atoms with Crippen LogP contribution in [-0.4, -0.2) is 7.05 Å². The molecule has 0 spiro atoms. The van der Waals surface area contributed by atoms with Crippen LogP contribution < -0.4 is 10.6 Å². The van der Waals surface area contributed by atoms with Crippen LogP contribution in [0.2, 0.25) is 0 Å². The molecule has 1 atom stereocenters. The molecule has 0 radical (unpaired) electrons. The zero-order chi connectivity index (χ0) is 14.7. The van der Waals surface area contributed by atoms with Crippen LogP contribution in [0.1, 0.15) is 24.1 Å². The SMILES string of the molecule is CC(N)c1ccc(N(C)Cc2ccc(F)cc2)cc1Br. The minimum absolute atomic E-state index is 0.000768. The van der Waals surface area contributed by atoms with Crippen molar-refractivity contribution in [2.45, 2.75) is 19.5 Å². The van der Waals surface area contributed by atoms with Crippen molar-refractivity contribution in [2.24, 2.45) is 5.73 Å². The molecule has 0 amide bonds. The lowest BCUT2D eigenvalue weighted by Crippen LogP contribution is -2.16. The fourth-order valence-corrected chi connectivity index (χ4v) is 2.81. The normalized spacial score (nSPS) is 12.2. The first-order valence-electron chi connectivity index (χ1n) is 6.48. The van der Waals surface area contributed by atoms with E-state index in [0.717, 1.165) is 27.8 Å². The molecule has 20 heavy (non-hydrogen) atoms. The number of nitrogens with zero attached hydrogens (tertiary/aromatic N) is 1. The van der Waals surface area contributed by atoms with Crippen LogP contribution in [0.3, 0.4) is 0 Å². The smallest absolute Gasteiger partial charge is 0.123 e. The van der Waals surface area contributed by atoms with Gasteiger partial charge in [0.05, 0.1) is 0 Å². The van der Waals surface area contributed by atoms with E-state index in [9.17, 15) is 4.39 Å². The van der Waals surface area contributed by atoms with Crippen LogP contribution >= 0.6 is 15.9 Å². The highest BCUT2D eigenvalue weighted by atomic mass is 79.9. The molecule has 2 rings (SSSR count). The van der Waals surface area contributed by atoms with Crippen molar-refractivity contribution in [3.05, 3.63) is 63.9 Å². The molecule has 2 N–H and O–H groups in total. The quantitative estimate of drug-likeness (QED) is 0.904. The van der Waals surface area contributed by atoms with Crippen LogP contribution in [0, 0.1) is 5.82 Å². The number of rotatable bonds is 4. The standard InChI is InChI=1S/C16H18BrFN2/c1-11(19)15-8-7-14(9-16(15)17)20(2)10-12-3-5-13(18)6-4-12/h3-9,11H,10,19H2,1-2H3. The average molecular weight is 337 g/mol. The predicted molar refractivity (Wildman–Crippen MR) is 85.3 cm³/mol. The van der Waals surface area contributed by atoms with Crippen molar-refractivity contribution < 1.29 is 4.39 Å². The number of anilines is 1. The van der Waals surface area contributed by atoms with Crippen molar-refractivity contribution in [1.82, 2.24) is 0 Å². The summed E-state index contributed by atoms with van der Waals surface area (Å²) in [6, 6.07) is 12.7. The summed E-state index contributed by atoms with van der Waals surface area (Å²) in [5, 5.41) is 0. The summed E-state index contributed by atoms with van der Waals surface area (Å²) >= 11 is 3.55. The van der Waals surface area contributed by atoms with Crippen molar-refractivity contribution in [2.75, 3.05) is 11.9 Å². The second-order valence-corrected chi connectivity index (χ2v) is 5.83. The van der Waals surface area contributed by atoms with Gasteiger partial charge >= 0.3 is 0 Å². The van der Waals surface area contributed by atoms with Gasteiger partial charge in [0, 0.05) is 29.8 Å². The summed E-state index contributed by atoms with van der Waals surface area (Å²) < 4.78 is 13.9. The Labute approximate surface area is 127 Å². The molecular weight excluding hydrogens is 319 g/mol. The maximum absolute atomic E-state index is 12.9. The molecule has 0 aliphatic carbocycles. The van der Waals surface area contributed by atoms with Crippen LogP contribution in [-0.2, 0) is 6.54 Å². The molecule has 0 fully saturated rings. The number of hydrogen-bond donors (Lipinski definition) is 1. The van der Waals surface area contributed by atoms with Gasteiger partial charge in [-0.1, -0.05) is 34.1 Å². The molecule has 1 unspecified atom stereocenters. The highest BCUT2D eigenvalue weighted by Crippen LogP contribution is 2.27. The van der Waals surface area contributed by atoms with Gasteiger partial charge in [-0.15, -0.1) is 0 Å². The first-order chi connectivity index (χ1) is 9.47. The minimum atomic E-state index is -0.208. The lowest BCUT2D eigenvalue weighted by molar-refractivity contribution is 0.627. The molecule has 0 aliphatic rings. The lowest BCUT2D eigenvalue weighted by Gasteiger charge is -2.21. The predicted octanol–water partition coefficient (Wildman–Crippen LogP) is 4.24. The number of benzene rings is 2. The molecule has 2 nitrogen and oxygen atoms in total. The molecule has 0 aliphatic heterocycles. The van der Waals surface area contributed by atoms with Crippen LogP contribution in [0.15, 0.2) is 46.9 Å². The molecule has 0 bridgehead atoms. The fraction of sp³-hybridized carbons (Fsp3) is 0.250. The van der Waals surface area contributed by atoms with E-state index in [1.165, 1.54) is 12.1 Å². The van der Waals surface area contributed by atoms with Crippen LogP contribution in [0.4, 0.5) is 10.1 Å². The lowest BCUT2D eigenvalue weighted by atomic mass is 10.1. The third kappa shape index (κ3) is 3.58. The van der Waals surface area contributed by atoms with E-state index in [2.05, 4.69) is 26.9 Å². The third-order valence-corrected chi connectivity index (χ3v) is 3.94. The zero-order valence-corrected chi connectivity index (χ0v) is 13.2. The van der Waals surface area contributed by atoms with E-state index in [0.29, 0.717) is 0 Å². The van der Waals surface area contributed by atoms with E-state index in [1.54, 1.807) is 12.1 Å². The molecule has 0 heterocycles. The van der Waals surface area contributed by atoms with Crippen LogP contribution in [0.25, 0.3) is 0 Å². The van der Waals surface area contributed by atoms with Gasteiger partial charge in [-0.05, 0) is 42.3 Å². The second kappa shape index (κ2) is 6.37. The van der Waals surface area contributed by atoms with Gasteiger partial charge in [0.1, 0.15) is 5.82 Å². The largest absolute Gasteiger partial charge is 0.370 e. The Kier molecular flexibility index (Phi) is 4.78. The van der Waals surface area contributed by atoms with Gasteiger partial charge in [0.15, 0.2) is 0 Å². The van der Waals surface area contributed by atoms with Gasteiger partial charge in [-0.2, -0.15) is 0 Å². The highest BCUT2D eigenvalue weighted by molar-refractivity contribution is 9.10. The first-order valence-corrected chi connectivity index (χ1v) is 7.27. The third-order valence-electron chi connectivity index (χ3n) is 3.25. The number of nitrogens with two attached hydrogens (primary N) is 1. The summed E-state index contributed by atoms with van der Waals surface area (Å²) in [6.07, 6.45) is 0. The highest BCUT2D eigenvalue weighted by Gasteiger charge is 2.08. The van der Waals surface area contributed by atoms with Gasteiger partial charge < -0.3 is 10.6 Å². The second-order valence-electron chi connectivity index (χ2n) is 4.98. The molecular formula is C16H18BrFN2. The molecule has 2 aromatic rings. The Bertz CT molecular complexity index is 582. The number of hydrogen-bond acceptors (Lipinski definition) is 2.